The number of carbonyl (C=O) groups is 3. The van der Waals surface area contributed by atoms with Crippen molar-refractivity contribution in [1.29, 1.82) is 0 Å². The summed E-state index contributed by atoms with van der Waals surface area (Å²) >= 11 is 0. The number of amides is 2. The molecule has 0 aliphatic carbocycles. The predicted molar refractivity (Wildman–Crippen MR) is 141 cm³/mol. The van der Waals surface area contributed by atoms with Crippen LogP contribution in [0.4, 0.5) is 0 Å². The van der Waals surface area contributed by atoms with Gasteiger partial charge in [0.2, 0.25) is 6.61 Å². The lowest BCUT2D eigenvalue weighted by atomic mass is 9.80. The number of carbonyl (C=O) groups excluding carboxylic acids is 3. The highest BCUT2D eigenvalue weighted by atomic mass is 16.7. The van der Waals surface area contributed by atoms with Gasteiger partial charge in [-0.15, -0.1) is 5.06 Å². The zero-order valence-electron chi connectivity index (χ0n) is 22.8. The summed E-state index contributed by atoms with van der Waals surface area (Å²) in [5, 5.41) is 4.87. The standard InChI is InChI=1S/C29H28N2O10/c1-14(2)19-10-17-18(39-19)6-5-15-28(30-38-13-26(34)41-31-24(32)7-8-25(31)33)27-16-9-21(35-3)22(36-4)11-20(16)37-12-23(27)40-29(15)17/h5-6,9,11,19,23,27H,1,7-8,10,12-13H2,2-4H3/b30-28+/t19-,23-,27+/m1/s1. The lowest BCUT2D eigenvalue weighted by Gasteiger charge is -2.39. The number of nitrogens with zero attached hydrogens (tertiary/aromatic N) is 2. The molecule has 0 bridgehead atoms. The molecule has 0 aromatic heterocycles. The summed E-state index contributed by atoms with van der Waals surface area (Å²) in [6, 6.07) is 7.24. The molecular weight excluding hydrogens is 536 g/mol. The molecule has 1 saturated heterocycles. The zero-order chi connectivity index (χ0) is 28.8. The summed E-state index contributed by atoms with van der Waals surface area (Å²) in [6.07, 6.45) is -0.111. The van der Waals surface area contributed by atoms with Gasteiger partial charge in [0.15, 0.2) is 11.5 Å². The van der Waals surface area contributed by atoms with Crippen molar-refractivity contribution < 1.29 is 47.7 Å². The van der Waals surface area contributed by atoms with E-state index < -0.39 is 36.4 Å². The number of imide groups is 1. The fourth-order valence-electron chi connectivity index (χ4n) is 5.41. The van der Waals surface area contributed by atoms with Crippen LogP contribution in [-0.4, -0.2) is 68.2 Å². The van der Waals surface area contributed by atoms with Crippen molar-refractivity contribution in [2.24, 2.45) is 5.16 Å². The van der Waals surface area contributed by atoms with E-state index in [1.165, 1.54) is 0 Å². The van der Waals surface area contributed by atoms with Crippen LogP contribution in [0.25, 0.3) is 0 Å². The maximum Gasteiger partial charge on any atom is 0.373 e. The number of fused-ring (bicyclic) bond motifs is 6. The summed E-state index contributed by atoms with van der Waals surface area (Å²) in [4.78, 5) is 46.4. The van der Waals surface area contributed by atoms with Gasteiger partial charge in [-0.3, -0.25) is 9.59 Å². The summed E-state index contributed by atoms with van der Waals surface area (Å²) in [7, 11) is 3.08. The third-order valence-electron chi connectivity index (χ3n) is 7.44. The molecule has 4 heterocycles. The molecule has 0 unspecified atom stereocenters. The molecular formula is C29H28N2O10. The van der Waals surface area contributed by atoms with Gasteiger partial charge in [-0.2, -0.15) is 0 Å². The third-order valence-corrected chi connectivity index (χ3v) is 7.44. The van der Waals surface area contributed by atoms with Gasteiger partial charge in [0.1, 0.15) is 41.8 Å². The first kappa shape index (κ1) is 26.5. The minimum Gasteiger partial charge on any atom is -0.493 e. The average molecular weight is 565 g/mol. The minimum atomic E-state index is -0.938. The number of hydroxylamine groups is 2. The Morgan fingerprint density at radius 1 is 1.07 bits per heavy atom. The molecule has 1 fully saturated rings. The predicted octanol–water partition coefficient (Wildman–Crippen LogP) is 2.85. The molecule has 41 heavy (non-hydrogen) atoms. The molecule has 6 rings (SSSR count). The lowest BCUT2D eigenvalue weighted by Crippen LogP contribution is -2.43. The van der Waals surface area contributed by atoms with Gasteiger partial charge >= 0.3 is 5.97 Å². The quantitative estimate of drug-likeness (QED) is 0.281. The van der Waals surface area contributed by atoms with Crippen LogP contribution < -0.4 is 23.7 Å². The van der Waals surface area contributed by atoms with Gasteiger partial charge in [-0.05, 0) is 30.7 Å². The molecule has 4 aliphatic heterocycles. The van der Waals surface area contributed by atoms with Gasteiger partial charge in [0.25, 0.3) is 11.8 Å². The van der Waals surface area contributed by atoms with Gasteiger partial charge < -0.3 is 33.4 Å². The Balaban J connectivity index is 1.36. The van der Waals surface area contributed by atoms with E-state index in [1.54, 1.807) is 26.4 Å². The summed E-state index contributed by atoms with van der Waals surface area (Å²) in [5.74, 6) is 0.310. The molecule has 12 nitrogen and oxygen atoms in total. The highest BCUT2D eigenvalue weighted by Crippen LogP contribution is 2.50. The molecule has 12 heteroatoms. The topological polar surface area (TPSA) is 131 Å². The van der Waals surface area contributed by atoms with Crippen LogP contribution in [0, 0.1) is 0 Å². The molecule has 0 N–H and O–H groups in total. The number of hydrogen-bond donors (Lipinski definition) is 0. The second-order valence-corrected chi connectivity index (χ2v) is 10.1. The Labute approximate surface area is 235 Å². The number of rotatable bonds is 7. The normalized spacial score (nSPS) is 22.9. The molecule has 2 aromatic carbocycles. The monoisotopic (exact) mass is 564 g/mol. The number of hydrogen-bond acceptors (Lipinski definition) is 11. The van der Waals surface area contributed by atoms with Crippen molar-refractivity contribution in [1.82, 2.24) is 5.06 Å². The molecule has 214 valence electrons. The minimum absolute atomic E-state index is 0.00881. The number of oxime groups is 1. The Hall–Kier alpha value is -4.74. The highest BCUT2D eigenvalue weighted by molar-refractivity contribution is 6.09. The van der Waals surface area contributed by atoms with Crippen LogP contribution in [-0.2, 0) is 30.5 Å². The van der Waals surface area contributed by atoms with Crippen molar-refractivity contribution in [3.8, 4) is 28.7 Å². The first-order valence-electron chi connectivity index (χ1n) is 13.1. The fourth-order valence-corrected chi connectivity index (χ4v) is 5.41. The van der Waals surface area contributed by atoms with Crippen LogP contribution in [0.3, 0.4) is 0 Å². The molecule has 3 atom stereocenters. The second-order valence-electron chi connectivity index (χ2n) is 10.1. The molecule has 2 amide bonds. The Kier molecular flexibility index (Phi) is 6.68. The SMILES string of the molecule is C=C(C)[C@H]1Cc2c(ccc3c2O[C@@H]2COc4cc(OC)c(OC)cc4[C@@H]2/C3=N/OCC(=O)ON2C(=O)CCC2=O)O1. The summed E-state index contributed by atoms with van der Waals surface area (Å²) < 4.78 is 29.7. The van der Waals surface area contributed by atoms with E-state index >= 15 is 0 Å². The van der Waals surface area contributed by atoms with Crippen LogP contribution in [0.2, 0.25) is 0 Å². The van der Waals surface area contributed by atoms with Gasteiger partial charge in [0.05, 0.1) is 20.1 Å². The zero-order valence-corrected chi connectivity index (χ0v) is 22.8. The van der Waals surface area contributed by atoms with Crippen LogP contribution >= 0.6 is 0 Å². The van der Waals surface area contributed by atoms with E-state index in [-0.39, 0.29) is 25.6 Å². The summed E-state index contributed by atoms with van der Waals surface area (Å²) in [5.41, 5.74) is 3.67. The van der Waals surface area contributed by atoms with Crippen molar-refractivity contribution in [2.45, 2.75) is 44.3 Å². The third kappa shape index (κ3) is 4.58. The molecule has 0 saturated carbocycles. The lowest BCUT2D eigenvalue weighted by molar-refractivity contribution is -0.200. The van der Waals surface area contributed by atoms with Crippen molar-refractivity contribution in [3.05, 3.63) is 53.1 Å². The Bertz CT molecular complexity index is 1480. The molecule has 0 radical (unpaired) electrons. The Morgan fingerprint density at radius 3 is 2.51 bits per heavy atom. The van der Waals surface area contributed by atoms with Crippen LogP contribution in [0.15, 0.2) is 41.6 Å². The van der Waals surface area contributed by atoms with Gasteiger partial charge in [-0.1, -0.05) is 11.7 Å². The average Bonchev–Trinajstić information content (AvgIpc) is 3.55. The van der Waals surface area contributed by atoms with E-state index in [0.717, 1.165) is 16.7 Å². The van der Waals surface area contributed by atoms with Crippen molar-refractivity contribution >= 4 is 23.5 Å². The van der Waals surface area contributed by atoms with E-state index in [9.17, 15) is 14.4 Å². The smallest absolute Gasteiger partial charge is 0.373 e. The molecule has 2 aromatic rings. The van der Waals surface area contributed by atoms with Crippen molar-refractivity contribution in [3.63, 3.8) is 0 Å². The van der Waals surface area contributed by atoms with E-state index in [2.05, 4.69) is 11.7 Å². The Morgan fingerprint density at radius 2 is 1.80 bits per heavy atom. The van der Waals surface area contributed by atoms with E-state index in [4.69, 9.17) is 33.4 Å². The first-order chi connectivity index (χ1) is 19.8. The maximum absolute atomic E-state index is 12.4. The number of benzene rings is 2. The van der Waals surface area contributed by atoms with Crippen LogP contribution in [0.1, 0.15) is 42.4 Å². The van der Waals surface area contributed by atoms with Crippen LogP contribution in [0.5, 0.6) is 28.7 Å². The fraction of sp³-hybridized carbons (Fsp3) is 0.379. The van der Waals surface area contributed by atoms with E-state index in [0.29, 0.717) is 51.5 Å². The summed E-state index contributed by atoms with van der Waals surface area (Å²) in [6.45, 7) is 5.52. The number of methoxy groups -OCH3 is 2. The van der Waals surface area contributed by atoms with Gasteiger partial charge in [0, 0.05) is 42.0 Å². The maximum atomic E-state index is 12.4. The largest absolute Gasteiger partial charge is 0.493 e. The second kappa shape index (κ2) is 10.3. The molecule has 4 aliphatic rings. The highest BCUT2D eigenvalue weighted by Gasteiger charge is 2.45. The van der Waals surface area contributed by atoms with Crippen molar-refractivity contribution in [2.75, 3.05) is 27.4 Å². The first-order valence-corrected chi connectivity index (χ1v) is 13.1. The molecule has 0 spiro atoms. The van der Waals surface area contributed by atoms with Gasteiger partial charge in [-0.25, -0.2) is 4.79 Å². The van der Waals surface area contributed by atoms with E-state index in [1.807, 2.05) is 19.1 Å². The number of ether oxygens (including phenoxy) is 5.